The van der Waals surface area contributed by atoms with Crippen molar-refractivity contribution in [2.24, 2.45) is 11.3 Å². The number of fused-ring (bicyclic) bond motifs is 4. The summed E-state index contributed by atoms with van der Waals surface area (Å²) in [6.07, 6.45) is -1.22. The number of carbonyl (C=O) groups excluding carboxylic acids is 1. The standard InChI is InChI=1S/C28H40N8O11P2S2/c1-28(2,12-29-3)10-19(37)33-27-34-24-21(25(39)35-27)32-14-36(24)26-23-22(38)18(45-26)11-43-49(41,51)46-17-9-16(44-20-4-6-30-13-31-20)8-15(17)5-7-42-48(40,50)47-23/h4,6,13-18,22-23,26,29,38H,5,7-12H2,1-3H3,(H,40,50)(H,41,51)(H2,33,34,35,37,39)/t15-,16+,17-,18+,22+,23+,26+,48+,49+/m0/s1. The van der Waals surface area contributed by atoms with E-state index >= 15 is 0 Å². The molecule has 3 fully saturated rings. The second-order valence-electron chi connectivity index (χ2n) is 13.3. The molecule has 0 unspecified atom stereocenters. The zero-order valence-electron chi connectivity index (χ0n) is 27.9. The van der Waals surface area contributed by atoms with E-state index in [1.54, 1.807) is 19.3 Å². The highest BCUT2D eigenvalue weighted by Crippen LogP contribution is 2.59. The summed E-state index contributed by atoms with van der Waals surface area (Å²) in [7, 11) is 1.78. The Hall–Kier alpha value is -2.42. The van der Waals surface area contributed by atoms with Gasteiger partial charge in [-0.15, -0.1) is 0 Å². The molecule has 4 N–H and O–H groups in total. The van der Waals surface area contributed by atoms with Crippen molar-refractivity contribution in [1.82, 2.24) is 34.8 Å². The fourth-order valence-electron chi connectivity index (χ4n) is 6.48. The topological polar surface area (TPSA) is 240 Å². The predicted molar refractivity (Wildman–Crippen MR) is 188 cm³/mol. The zero-order chi connectivity index (χ0) is 36.6. The molecule has 9 atom stereocenters. The molecule has 19 nitrogen and oxygen atoms in total. The summed E-state index contributed by atoms with van der Waals surface area (Å²) < 4.78 is 63.4. The number of rotatable bonds is 8. The number of anilines is 1. The first-order valence-corrected chi connectivity index (χ1v) is 21.5. The number of thiol groups is 2. The van der Waals surface area contributed by atoms with Crippen molar-refractivity contribution in [3.05, 3.63) is 35.3 Å². The van der Waals surface area contributed by atoms with Crippen LogP contribution in [0.5, 0.6) is 5.88 Å². The summed E-state index contributed by atoms with van der Waals surface area (Å²) in [6, 6.07) is 1.61. The van der Waals surface area contributed by atoms with Gasteiger partial charge in [0.1, 0.15) is 30.7 Å². The number of H-pyrrole nitrogens is 1. The van der Waals surface area contributed by atoms with Crippen molar-refractivity contribution < 1.29 is 46.6 Å². The molecule has 0 aromatic carbocycles. The lowest BCUT2D eigenvalue weighted by Gasteiger charge is -2.26. The van der Waals surface area contributed by atoms with Crippen LogP contribution in [0.15, 0.2) is 29.7 Å². The van der Waals surface area contributed by atoms with Gasteiger partial charge in [0.25, 0.3) is 5.56 Å². The molecule has 2 saturated heterocycles. The number of aromatic nitrogens is 6. The molecule has 1 amide bonds. The van der Waals surface area contributed by atoms with Gasteiger partial charge in [-0.3, -0.25) is 38.0 Å². The summed E-state index contributed by atoms with van der Waals surface area (Å²) in [5.41, 5.74) is -1.21. The minimum atomic E-state index is -4.17. The molecular formula is C28H40N8O11P2S2. The van der Waals surface area contributed by atoms with Crippen molar-refractivity contribution in [3.8, 4) is 5.88 Å². The number of hydrogen-bond acceptors (Lipinski definition) is 16. The molecule has 1 aliphatic carbocycles. The molecule has 0 spiro atoms. The maximum absolute atomic E-state index is 13.6. The summed E-state index contributed by atoms with van der Waals surface area (Å²) in [5.74, 6) is -0.450. The Morgan fingerprint density at radius 1 is 1.18 bits per heavy atom. The SMILES string of the molecule is CNCC(C)(C)CC(=O)Nc1nc2c(ncn2[C@@H]2O[C@@H]3CO[P@@](=O)(S)O[C@H]4C[C@H](Oc5ccncn5)C[C@@H]4CCO[P@@](=O)(S)O[C@@H]2[C@@H]3O)c(=O)[nH]1. The Kier molecular flexibility index (Phi) is 11.7. The monoisotopic (exact) mass is 790 g/mol. The van der Waals surface area contributed by atoms with E-state index < -0.39 is 67.7 Å². The van der Waals surface area contributed by atoms with Gasteiger partial charge in [0, 0.05) is 31.6 Å². The number of hydrogen-bond donors (Lipinski definition) is 6. The second kappa shape index (κ2) is 15.5. The van der Waals surface area contributed by atoms with Crippen LogP contribution in [0.1, 0.15) is 45.8 Å². The molecule has 0 radical (unpaired) electrons. The third kappa shape index (κ3) is 9.39. The van der Waals surface area contributed by atoms with Crippen molar-refractivity contribution in [2.45, 2.75) is 76.3 Å². The van der Waals surface area contributed by atoms with E-state index in [1.807, 2.05) is 13.8 Å². The minimum Gasteiger partial charge on any atom is -0.474 e. The smallest absolute Gasteiger partial charge is 0.386 e. The van der Waals surface area contributed by atoms with E-state index in [-0.39, 0.29) is 48.6 Å². The molecule has 51 heavy (non-hydrogen) atoms. The summed E-state index contributed by atoms with van der Waals surface area (Å²) >= 11 is 8.38. The van der Waals surface area contributed by atoms with Gasteiger partial charge in [-0.1, -0.05) is 38.3 Å². The minimum absolute atomic E-state index is 0.0431. The number of aliphatic hydroxyl groups excluding tert-OH is 1. The van der Waals surface area contributed by atoms with Crippen LogP contribution >= 0.6 is 38.1 Å². The van der Waals surface area contributed by atoms with Crippen LogP contribution in [0.2, 0.25) is 0 Å². The number of nitrogens with one attached hydrogen (secondary N) is 3. The lowest BCUT2D eigenvalue weighted by molar-refractivity contribution is -0.118. The highest BCUT2D eigenvalue weighted by Gasteiger charge is 2.50. The van der Waals surface area contributed by atoms with Gasteiger partial charge in [-0.2, -0.15) is 4.98 Å². The molecule has 2 bridgehead atoms. The van der Waals surface area contributed by atoms with E-state index in [9.17, 15) is 23.8 Å². The van der Waals surface area contributed by atoms with Gasteiger partial charge >= 0.3 is 13.6 Å². The van der Waals surface area contributed by atoms with Crippen LogP contribution in [0, 0.1) is 11.3 Å². The normalized spacial score (nSPS) is 33.4. The highest BCUT2D eigenvalue weighted by atomic mass is 32.7. The first-order valence-electron chi connectivity index (χ1n) is 16.1. The lowest BCUT2D eigenvalue weighted by Crippen LogP contribution is -2.35. The lowest BCUT2D eigenvalue weighted by atomic mass is 9.89. The predicted octanol–water partition coefficient (Wildman–Crippen LogP) is 2.88. The van der Waals surface area contributed by atoms with Crippen molar-refractivity contribution in [3.63, 3.8) is 0 Å². The molecule has 23 heteroatoms. The molecule has 5 heterocycles. The van der Waals surface area contributed by atoms with Gasteiger partial charge in [0.05, 0.1) is 25.6 Å². The number of carbonyl (C=O) groups is 1. The third-order valence-corrected chi connectivity index (χ3v) is 12.0. The average molecular weight is 791 g/mol. The van der Waals surface area contributed by atoms with Crippen LogP contribution in [-0.4, -0.2) is 97.8 Å². The van der Waals surface area contributed by atoms with Gasteiger partial charge in [0.2, 0.25) is 17.7 Å². The van der Waals surface area contributed by atoms with Crippen LogP contribution in [0.25, 0.3) is 11.2 Å². The second-order valence-corrected chi connectivity index (χ2v) is 19.1. The fraction of sp³-hybridized carbons (Fsp3) is 0.643. The average Bonchev–Trinajstić information content (AvgIpc) is 3.71. The van der Waals surface area contributed by atoms with Crippen LogP contribution in [0.4, 0.5) is 5.95 Å². The quantitative estimate of drug-likeness (QED) is 0.142. The highest BCUT2D eigenvalue weighted by molar-refractivity contribution is 8.44. The Balaban J connectivity index is 1.23. The summed E-state index contributed by atoms with van der Waals surface area (Å²) in [5, 5.41) is 17.0. The Morgan fingerprint density at radius 3 is 2.71 bits per heavy atom. The third-order valence-electron chi connectivity index (χ3n) is 8.67. The first kappa shape index (κ1) is 38.3. The molecular weight excluding hydrogens is 750 g/mol. The number of imidazole rings is 1. The van der Waals surface area contributed by atoms with Gasteiger partial charge in [-0.05, 0) is 31.2 Å². The first-order chi connectivity index (χ1) is 24.1. The Labute approximate surface area is 302 Å². The fourth-order valence-corrected chi connectivity index (χ4v) is 9.54. The van der Waals surface area contributed by atoms with E-state index in [2.05, 4.69) is 60.1 Å². The van der Waals surface area contributed by atoms with Crippen LogP contribution in [0.3, 0.4) is 0 Å². The van der Waals surface area contributed by atoms with Crippen molar-refractivity contribution in [1.29, 1.82) is 0 Å². The summed E-state index contributed by atoms with van der Waals surface area (Å²) in [4.78, 5) is 44.8. The molecule has 3 aromatic heterocycles. The number of aliphatic hydroxyl groups is 1. The maximum Gasteiger partial charge on any atom is 0.386 e. The molecule has 1 saturated carbocycles. The van der Waals surface area contributed by atoms with Gasteiger partial charge < -0.3 is 24.4 Å². The summed E-state index contributed by atoms with van der Waals surface area (Å²) in [6.45, 7) is -4.42. The molecule has 280 valence electrons. The van der Waals surface area contributed by atoms with Crippen molar-refractivity contribution >= 4 is 61.1 Å². The van der Waals surface area contributed by atoms with Gasteiger partial charge in [0.15, 0.2) is 17.4 Å². The van der Waals surface area contributed by atoms with Crippen molar-refractivity contribution in [2.75, 3.05) is 32.1 Å². The molecule has 2 aliphatic heterocycles. The molecule has 6 rings (SSSR count). The van der Waals surface area contributed by atoms with E-state index in [1.165, 1.54) is 17.2 Å². The molecule has 3 aromatic rings. The molecule has 3 aliphatic rings. The number of ether oxygens (including phenoxy) is 2. The number of nitrogens with zero attached hydrogens (tertiary/aromatic N) is 5. The zero-order valence-corrected chi connectivity index (χ0v) is 31.4. The maximum atomic E-state index is 13.6. The largest absolute Gasteiger partial charge is 0.474 e. The van der Waals surface area contributed by atoms with E-state index in [4.69, 9.17) is 27.6 Å². The van der Waals surface area contributed by atoms with E-state index in [0.29, 0.717) is 25.3 Å². The Bertz CT molecular complexity index is 1870. The van der Waals surface area contributed by atoms with Crippen LogP contribution < -0.4 is 20.9 Å². The van der Waals surface area contributed by atoms with Crippen LogP contribution in [-0.2, 0) is 36.8 Å². The number of amides is 1. The Morgan fingerprint density at radius 2 is 1.96 bits per heavy atom. The number of aromatic amines is 1. The van der Waals surface area contributed by atoms with Gasteiger partial charge in [-0.25, -0.2) is 24.1 Å². The van der Waals surface area contributed by atoms with E-state index in [0.717, 1.165) is 0 Å².